The molecule has 19 heavy (non-hydrogen) atoms. The molecule has 5 heteroatoms. The van der Waals surface area contributed by atoms with E-state index in [0.717, 1.165) is 5.56 Å². The second-order valence-corrected chi connectivity index (χ2v) is 4.89. The van der Waals surface area contributed by atoms with Crippen LogP contribution in [0, 0.1) is 0 Å². The van der Waals surface area contributed by atoms with Crippen molar-refractivity contribution in [1.82, 2.24) is 5.32 Å². The van der Waals surface area contributed by atoms with E-state index in [0.29, 0.717) is 23.9 Å². The largest absolute Gasteiger partial charge is 0.490 e. The normalized spacial score (nSPS) is 15.3. The molecule has 0 bridgehead atoms. The third-order valence-electron chi connectivity index (χ3n) is 2.89. The molecule has 2 rings (SSSR count). The summed E-state index contributed by atoms with van der Waals surface area (Å²) in [4.78, 5) is 11.4. The highest BCUT2D eigenvalue weighted by Crippen LogP contribution is 2.28. The van der Waals surface area contributed by atoms with E-state index in [2.05, 4.69) is 5.32 Å². The van der Waals surface area contributed by atoms with E-state index in [4.69, 9.17) is 9.47 Å². The molecule has 0 amide bonds. The first-order valence-electron chi connectivity index (χ1n) is 6.41. The first-order chi connectivity index (χ1) is 9.08. The molecule has 1 unspecified atom stereocenters. The summed E-state index contributed by atoms with van der Waals surface area (Å²) >= 11 is 0. The Morgan fingerprint density at radius 3 is 3.00 bits per heavy atom. The fraction of sp³-hybridized carbons (Fsp3) is 0.500. The zero-order valence-electron chi connectivity index (χ0n) is 11.2. The standard InChI is InChI=1S/C14H19NO4/c1-9(2)15-6-10(16)7-18-13-5-3-4-11-12(13)8-19-14(11)17/h3-5,9-10,15-16H,6-8H2,1-2H3. The van der Waals surface area contributed by atoms with Gasteiger partial charge in [0.15, 0.2) is 0 Å². The van der Waals surface area contributed by atoms with Crippen LogP contribution in [0.4, 0.5) is 0 Å². The van der Waals surface area contributed by atoms with E-state index in [9.17, 15) is 9.90 Å². The number of ether oxygens (including phenoxy) is 2. The number of cyclic esters (lactones) is 1. The monoisotopic (exact) mass is 265 g/mol. The lowest BCUT2D eigenvalue weighted by molar-refractivity contribution is 0.0532. The molecular formula is C14H19NO4. The van der Waals surface area contributed by atoms with Gasteiger partial charge in [-0.15, -0.1) is 0 Å². The number of hydrogen-bond acceptors (Lipinski definition) is 5. The second kappa shape index (κ2) is 6.04. The van der Waals surface area contributed by atoms with Crippen molar-refractivity contribution < 1.29 is 19.4 Å². The van der Waals surface area contributed by atoms with Crippen LogP contribution in [0.25, 0.3) is 0 Å². The summed E-state index contributed by atoms with van der Waals surface area (Å²) in [5.74, 6) is 0.286. The van der Waals surface area contributed by atoms with Crippen molar-refractivity contribution in [3.63, 3.8) is 0 Å². The highest BCUT2D eigenvalue weighted by molar-refractivity contribution is 5.94. The molecule has 0 radical (unpaired) electrons. The van der Waals surface area contributed by atoms with Crippen LogP contribution in [0.15, 0.2) is 18.2 Å². The molecule has 2 N–H and O–H groups in total. The van der Waals surface area contributed by atoms with Gasteiger partial charge in [0.1, 0.15) is 25.1 Å². The fourth-order valence-electron chi connectivity index (χ4n) is 1.87. The Labute approximate surface area is 112 Å². The number of carbonyl (C=O) groups is 1. The molecular weight excluding hydrogens is 246 g/mol. The van der Waals surface area contributed by atoms with Crippen LogP contribution < -0.4 is 10.1 Å². The van der Waals surface area contributed by atoms with Gasteiger partial charge in [-0.2, -0.15) is 0 Å². The molecule has 5 nitrogen and oxygen atoms in total. The maximum atomic E-state index is 11.4. The van der Waals surface area contributed by atoms with Crippen LogP contribution in [-0.4, -0.2) is 36.4 Å². The van der Waals surface area contributed by atoms with E-state index in [1.54, 1.807) is 18.2 Å². The molecule has 0 saturated heterocycles. The fourth-order valence-corrected chi connectivity index (χ4v) is 1.87. The molecule has 0 aromatic heterocycles. The summed E-state index contributed by atoms with van der Waals surface area (Å²) in [6.45, 7) is 4.93. The Kier molecular flexibility index (Phi) is 4.39. The summed E-state index contributed by atoms with van der Waals surface area (Å²) in [6, 6.07) is 5.57. The minimum atomic E-state index is -0.587. The summed E-state index contributed by atoms with van der Waals surface area (Å²) in [7, 11) is 0. The van der Waals surface area contributed by atoms with Crippen LogP contribution in [0.5, 0.6) is 5.75 Å². The number of fused-ring (bicyclic) bond motifs is 1. The van der Waals surface area contributed by atoms with Crippen LogP contribution in [-0.2, 0) is 11.3 Å². The summed E-state index contributed by atoms with van der Waals surface area (Å²) < 4.78 is 10.5. The number of carbonyl (C=O) groups excluding carboxylic acids is 1. The van der Waals surface area contributed by atoms with E-state index >= 15 is 0 Å². The number of aliphatic hydroxyl groups is 1. The number of hydrogen-bond donors (Lipinski definition) is 2. The maximum Gasteiger partial charge on any atom is 0.339 e. The van der Waals surface area contributed by atoms with E-state index in [-0.39, 0.29) is 19.2 Å². The third kappa shape index (κ3) is 3.45. The molecule has 1 aliphatic rings. The molecule has 0 fully saturated rings. The average Bonchev–Trinajstić information content (AvgIpc) is 2.76. The number of rotatable bonds is 6. The van der Waals surface area contributed by atoms with Gasteiger partial charge >= 0.3 is 5.97 Å². The summed E-state index contributed by atoms with van der Waals surface area (Å²) in [6.07, 6.45) is -0.587. The second-order valence-electron chi connectivity index (χ2n) is 4.89. The molecule has 1 aliphatic heterocycles. The van der Waals surface area contributed by atoms with Crippen molar-refractivity contribution in [3.8, 4) is 5.75 Å². The van der Waals surface area contributed by atoms with E-state index in [1.165, 1.54) is 0 Å². The van der Waals surface area contributed by atoms with E-state index in [1.807, 2.05) is 13.8 Å². The Bertz CT molecular complexity index is 459. The van der Waals surface area contributed by atoms with Gasteiger partial charge in [-0.05, 0) is 12.1 Å². The lowest BCUT2D eigenvalue weighted by Crippen LogP contribution is -2.35. The van der Waals surface area contributed by atoms with E-state index < -0.39 is 6.10 Å². The van der Waals surface area contributed by atoms with Crippen molar-refractivity contribution in [2.24, 2.45) is 0 Å². The van der Waals surface area contributed by atoms with Gasteiger partial charge in [0.2, 0.25) is 0 Å². The van der Waals surface area contributed by atoms with Gasteiger partial charge in [-0.25, -0.2) is 4.79 Å². The number of aliphatic hydroxyl groups excluding tert-OH is 1. The molecule has 0 saturated carbocycles. The van der Waals surface area contributed by atoms with Crippen molar-refractivity contribution in [2.75, 3.05) is 13.2 Å². The predicted octanol–water partition coefficient (Wildman–Crippen LogP) is 1.09. The SMILES string of the molecule is CC(C)NCC(O)COc1cccc2c1COC2=O. The van der Waals surface area contributed by atoms with Gasteiger partial charge in [0.25, 0.3) is 0 Å². The zero-order chi connectivity index (χ0) is 13.8. The molecule has 0 spiro atoms. The lowest BCUT2D eigenvalue weighted by Gasteiger charge is -2.16. The molecule has 1 aromatic carbocycles. The van der Waals surface area contributed by atoms with Gasteiger partial charge in [0, 0.05) is 18.2 Å². The van der Waals surface area contributed by atoms with Crippen molar-refractivity contribution in [2.45, 2.75) is 32.6 Å². The summed E-state index contributed by atoms with van der Waals surface area (Å²) in [5, 5.41) is 12.9. The smallest absolute Gasteiger partial charge is 0.339 e. The van der Waals surface area contributed by atoms with Gasteiger partial charge in [-0.3, -0.25) is 0 Å². The topological polar surface area (TPSA) is 67.8 Å². The zero-order valence-corrected chi connectivity index (χ0v) is 11.2. The molecule has 1 aromatic rings. The first kappa shape index (κ1) is 13.8. The third-order valence-corrected chi connectivity index (χ3v) is 2.89. The van der Waals surface area contributed by atoms with Crippen molar-refractivity contribution >= 4 is 5.97 Å². The Morgan fingerprint density at radius 2 is 2.26 bits per heavy atom. The Morgan fingerprint density at radius 1 is 1.47 bits per heavy atom. The molecule has 1 atom stereocenters. The van der Waals surface area contributed by atoms with Gasteiger partial charge in [-0.1, -0.05) is 19.9 Å². The highest BCUT2D eigenvalue weighted by atomic mass is 16.5. The van der Waals surface area contributed by atoms with Crippen LogP contribution in [0.3, 0.4) is 0 Å². The quantitative estimate of drug-likeness (QED) is 0.754. The van der Waals surface area contributed by atoms with Gasteiger partial charge in [0.05, 0.1) is 5.56 Å². The minimum absolute atomic E-state index is 0.185. The summed E-state index contributed by atoms with van der Waals surface area (Å²) in [5.41, 5.74) is 1.31. The van der Waals surface area contributed by atoms with Crippen molar-refractivity contribution in [3.05, 3.63) is 29.3 Å². The highest BCUT2D eigenvalue weighted by Gasteiger charge is 2.24. The number of esters is 1. The van der Waals surface area contributed by atoms with Crippen LogP contribution in [0.2, 0.25) is 0 Å². The molecule has 104 valence electrons. The Hall–Kier alpha value is -1.59. The molecule has 1 heterocycles. The maximum absolute atomic E-state index is 11.4. The Balaban J connectivity index is 1.92. The predicted molar refractivity (Wildman–Crippen MR) is 70.2 cm³/mol. The lowest BCUT2D eigenvalue weighted by atomic mass is 10.1. The minimum Gasteiger partial charge on any atom is -0.490 e. The van der Waals surface area contributed by atoms with Crippen LogP contribution in [0.1, 0.15) is 29.8 Å². The van der Waals surface area contributed by atoms with Crippen LogP contribution >= 0.6 is 0 Å². The molecule has 0 aliphatic carbocycles. The first-order valence-corrected chi connectivity index (χ1v) is 6.41. The van der Waals surface area contributed by atoms with Gasteiger partial charge < -0.3 is 19.9 Å². The average molecular weight is 265 g/mol. The van der Waals surface area contributed by atoms with Crippen molar-refractivity contribution in [1.29, 1.82) is 0 Å². The number of benzene rings is 1. The number of nitrogens with one attached hydrogen (secondary N) is 1.